The Hall–Kier alpha value is -1.76. The highest BCUT2D eigenvalue weighted by Crippen LogP contribution is 2.29. The van der Waals surface area contributed by atoms with E-state index in [1.54, 1.807) is 20.8 Å². The zero-order valence-corrected chi connectivity index (χ0v) is 14.1. The zero-order valence-electron chi connectivity index (χ0n) is 14.1. The van der Waals surface area contributed by atoms with Gasteiger partial charge in [0.15, 0.2) is 0 Å². The third kappa shape index (κ3) is 5.70. The van der Waals surface area contributed by atoms with E-state index >= 15 is 0 Å². The Labute approximate surface area is 140 Å². The molecule has 0 bridgehead atoms. The number of carbonyl (C=O) groups is 1. The average molecular weight is 344 g/mol. The molecule has 2 rings (SSSR count). The molecule has 1 heterocycles. The second-order valence-electron chi connectivity index (χ2n) is 7.06. The monoisotopic (exact) mass is 344 g/mol. The maximum absolute atomic E-state index is 12.6. The molecule has 1 aromatic rings. The van der Waals surface area contributed by atoms with Crippen molar-refractivity contribution in [1.29, 1.82) is 0 Å². The van der Waals surface area contributed by atoms with Crippen molar-refractivity contribution in [1.82, 2.24) is 10.2 Å². The first-order valence-corrected chi connectivity index (χ1v) is 7.91. The molecule has 1 fully saturated rings. The predicted molar refractivity (Wildman–Crippen MR) is 84.5 cm³/mol. The van der Waals surface area contributed by atoms with Crippen LogP contribution >= 0.6 is 0 Å². The number of alkyl carbamates (subject to hydrolysis) is 1. The maximum atomic E-state index is 12.6. The van der Waals surface area contributed by atoms with Crippen molar-refractivity contribution < 1.29 is 22.7 Å². The minimum atomic E-state index is -4.31. The summed E-state index contributed by atoms with van der Waals surface area (Å²) in [6.07, 6.45) is -3.96. The van der Waals surface area contributed by atoms with Crippen LogP contribution in [0.15, 0.2) is 24.3 Å². The van der Waals surface area contributed by atoms with Crippen molar-refractivity contribution in [3.05, 3.63) is 35.4 Å². The fourth-order valence-corrected chi connectivity index (χ4v) is 2.63. The number of nitrogens with zero attached hydrogens (tertiary/aromatic N) is 1. The van der Waals surface area contributed by atoms with E-state index in [1.807, 2.05) is 0 Å². The number of amides is 1. The van der Waals surface area contributed by atoms with Gasteiger partial charge < -0.3 is 10.1 Å². The van der Waals surface area contributed by atoms with Gasteiger partial charge in [-0.2, -0.15) is 13.2 Å². The van der Waals surface area contributed by atoms with E-state index in [4.69, 9.17) is 4.74 Å². The summed E-state index contributed by atoms with van der Waals surface area (Å²) in [6, 6.07) is 5.19. The van der Waals surface area contributed by atoms with Crippen molar-refractivity contribution in [3.8, 4) is 0 Å². The van der Waals surface area contributed by atoms with E-state index < -0.39 is 23.4 Å². The van der Waals surface area contributed by atoms with Gasteiger partial charge in [0.25, 0.3) is 0 Å². The van der Waals surface area contributed by atoms with Crippen LogP contribution in [-0.4, -0.2) is 35.7 Å². The van der Waals surface area contributed by atoms with E-state index in [1.165, 1.54) is 12.1 Å². The molecule has 0 aliphatic carbocycles. The number of nitrogens with one attached hydrogen (secondary N) is 1. The van der Waals surface area contributed by atoms with E-state index in [0.717, 1.165) is 30.7 Å². The largest absolute Gasteiger partial charge is 0.444 e. The number of alkyl halides is 3. The smallest absolute Gasteiger partial charge is 0.416 e. The molecule has 0 saturated carbocycles. The topological polar surface area (TPSA) is 41.6 Å². The molecule has 1 aliphatic heterocycles. The fraction of sp³-hybridized carbons (Fsp3) is 0.588. The van der Waals surface area contributed by atoms with Crippen LogP contribution in [0.3, 0.4) is 0 Å². The Balaban J connectivity index is 1.82. The third-order valence-electron chi connectivity index (χ3n) is 3.68. The van der Waals surface area contributed by atoms with Crippen LogP contribution in [0.25, 0.3) is 0 Å². The van der Waals surface area contributed by atoms with Crippen molar-refractivity contribution in [2.24, 2.45) is 0 Å². The highest BCUT2D eigenvalue weighted by atomic mass is 19.4. The zero-order chi connectivity index (χ0) is 18.0. The first kappa shape index (κ1) is 18.6. The second-order valence-corrected chi connectivity index (χ2v) is 7.06. The molecule has 0 spiro atoms. The second kappa shape index (κ2) is 7.01. The molecule has 4 nitrogen and oxygen atoms in total. The normalized spacial score (nSPS) is 19.3. The van der Waals surface area contributed by atoms with Crippen LogP contribution in [0.2, 0.25) is 0 Å². The summed E-state index contributed by atoms with van der Waals surface area (Å²) in [4.78, 5) is 13.9. The van der Waals surface area contributed by atoms with Crippen molar-refractivity contribution in [2.75, 3.05) is 13.1 Å². The number of ether oxygens (including phenoxy) is 1. The van der Waals surface area contributed by atoms with Crippen LogP contribution in [0.5, 0.6) is 0 Å². The molecular formula is C17H23F3N2O2. The Morgan fingerprint density at radius 2 is 1.88 bits per heavy atom. The van der Waals surface area contributed by atoms with Crippen molar-refractivity contribution in [3.63, 3.8) is 0 Å². The van der Waals surface area contributed by atoms with Gasteiger partial charge in [0.05, 0.1) is 5.56 Å². The van der Waals surface area contributed by atoms with Crippen LogP contribution < -0.4 is 5.32 Å². The van der Waals surface area contributed by atoms with E-state index in [-0.39, 0.29) is 6.04 Å². The maximum Gasteiger partial charge on any atom is 0.416 e. The van der Waals surface area contributed by atoms with Gasteiger partial charge in [-0.1, -0.05) is 12.1 Å². The lowest BCUT2D eigenvalue weighted by Crippen LogP contribution is -2.40. The molecule has 1 N–H and O–H groups in total. The summed E-state index contributed by atoms with van der Waals surface area (Å²) < 4.78 is 42.9. The number of likely N-dealkylation sites (tertiary alicyclic amines) is 1. The molecule has 134 valence electrons. The Morgan fingerprint density at radius 3 is 2.42 bits per heavy atom. The quantitative estimate of drug-likeness (QED) is 0.907. The molecule has 1 amide bonds. The van der Waals surface area contributed by atoms with Gasteiger partial charge >= 0.3 is 12.3 Å². The fourth-order valence-electron chi connectivity index (χ4n) is 2.63. The summed E-state index contributed by atoms with van der Waals surface area (Å²) in [5, 5.41) is 2.83. The van der Waals surface area contributed by atoms with Crippen LogP contribution in [0.1, 0.15) is 38.3 Å². The molecule has 7 heteroatoms. The highest BCUT2D eigenvalue weighted by molar-refractivity contribution is 5.68. The van der Waals surface area contributed by atoms with Gasteiger partial charge in [-0.25, -0.2) is 4.79 Å². The number of hydrogen-bond acceptors (Lipinski definition) is 3. The lowest BCUT2D eigenvalue weighted by Gasteiger charge is -2.22. The Morgan fingerprint density at radius 1 is 1.25 bits per heavy atom. The predicted octanol–water partition coefficient (Wildman–Crippen LogP) is 3.80. The third-order valence-corrected chi connectivity index (χ3v) is 3.68. The molecule has 0 aromatic heterocycles. The molecule has 1 saturated heterocycles. The highest BCUT2D eigenvalue weighted by Gasteiger charge is 2.30. The van der Waals surface area contributed by atoms with Crippen LogP contribution in [0, 0.1) is 0 Å². The van der Waals surface area contributed by atoms with E-state index in [0.29, 0.717) is 13.1 Å². The van der Waals surface area contributed by atoms with Crippen LogP contribution in [0.4, 0.5) is 18.0 Å². The molecule has 1 aliphatic rings. The molecule has 0 radical (unpaired) electrons. The first-order valence-electron chi connectivity index (χ1n) is 7.91. The first-order chi connectivity index (χ1) is 11.0. The van der Waals surface area contributed by atoms with Crippen LogP contribution in [-0.2, 0) is 17.5 Å². The molecule has 1 aromatic carbocycles. The van der Waals surface area contributed by atoms with Crippen molar-refractivity contribution >= 4 is 6.09 Å². The van der Waals surface area contributed by atoms with E-state index in [2.05, 4.69) is 10.2 Å². The number of hydrogen-bond donors (Lipinski definition) is 1. The van der Waals surface area contributed by atoms with Gasteiger partial charge in [0, 0.05) is 25.7 Å². The number of rotatable bonds is 3. The molecular weight excluding hydrogens is 321 g/mol. The average Bonchev–Trinajstić information content (AvgIpc) is 2.83. The Bertz CT molecular complexity index is 565. The van der Waals surface area contributed by atoms with Gasteiger partial charge in [0.1, 0.15) is 5.60 Å². The minimum Gasteiger partial charge on any atom is -0.444 e. The van der Waals surface area contributed by atoms with Gasteiger partial charge in [0.2, 0.25) is 0 Å². The lowest BCUT2D eigenvalue weighted by atomic mass is 10.1. The summed E-state index contributed by atoms with van der Waals surface area (Å²) in [7, 11) is 0. The van der Waals surface area contributed by atoms with E-state index in [9.17, 15) is 18.0 Å². The number of halogens is 3. The summed E-state index contributed by atoms with van der Waals surface area (Å²) in [5.74, 6) is 0. The summed E-state index contributed by atoms with van der Waals surface area (Å²) in [6.45, 7) is 7.40. The van der Waals surface area contributed by atoms with Gasteiger partial charge in [-0.3, -0.25) is 4.90 Å². The molecule has 24 heavy (non-hydrogen) atoms. The number of carbonyl (C=O) groups excluding carboxylic acids is 1. The van der Waals surface area contributed by atoms with Crippen molar-refractivity contribution in [2.45, 2.75) is 51.6 Å². The SMILES string of the molecule is CC(C)(C)OC(=O)N[C@@H]1CCN(Cc2ccc(C(F)(F)F)cc2)C1. The molecule has 1 atom stereocenters. The Kier molecular flexibility index (Phi) is 5.42. The minimum absolute atomic E-state index is 0.00528. The standard InChI is InChI=1S/C17H23F3N2O2/c1-16(2,3)24-15(23)21-14-8-9-22(11-14)10-12-4-6-13(7-5-12)17(18,19)20/h4-7,14H,8-11H2,1-3H3,(H,21,23)/t14-/m1/s1. The molecule has 0 unspecified atom stereocenters. The van der Waals surface area contributed by atoms with Gasteiger partial charge in [-0.05, 0) is 44.9 Å². The number of benzene rings is 1. The summed E-state index contributed by atoms with van der Waals surface area (Å²) in [5.41, 5.74) is -0.360. The van der Waals surface area contributed by atoms with Gasteiger partial charge in [-0.15, -0.1) is 0 Å². The summed E-state index contributed by atoms with van der Waals surface area (Å²) >= 11 is 0. The lowest BCUT2D eigenvalue weighted by molar-refractivity contribution is -0.137.